The van der Waals surface area contributed by atoms with E-state index < -0.39 is 0 Å². The number of thiophene rings is 1. The molecule has 0 radical (unpaired) electrons. The van der Waals surface area contributed by atoms with Crippen LogP contribution in [0.1, 0.15) is 49.0 Å². The van der Waals surface area contributed by atoms with Crippen LogP contribution < -0.4 is 0 Å². The Morgan fingerprint density at radius 1 is 0.848 bits per heavy atom. The molecule has 6 nitrogen and oxygen atoms in total. The summed E-state index contributed by atoms with van der Waals surface area (Å²) in [7, 11) is 0. The summed E-state index contributed by atoms with van der Waals surface area (Å²) in [4.78, 5) is 31.6. The highest BCUT2D eigenvalue weighted by molar-refractivity contribution is 7.13. The van der Waals surface area contributed by atoms with E-state index in [0.29, 0.717) is 24.7 Å². The highest BCUT2D eigenvalue weighted by Gasteiger charge is 2.32. The molecule has 0 atom stereocenters. The minimum Gasteiger partial charge on any atom is -0.342 e. The van der Waals surface area contributed by atoms with E-state index in [1.165, 1.54) is 12.8 Å². The van der Waals surface area contributed by atoms with Crippen molar-refractivity contribution in [3.8, 4) is 16.3 Å². The first-order valence-corrected chi connectivity index (χ1v) is 12.9. The van der Waals surface area contributed by atoms with Crippen molar-refractivity contribution in [2.45, 2.75) is 38.5 Å². The average Bonchev–Trinajstić information content (AvgIpc) is 3.48. The number of nitrogens with zero attached hydrogens (tertiary/aromatic N) is 4. The normalized spacial score (nSPS) is 17.7. The van der Waals surface area contributed by atoms with Crippen LogP contribution in [0.15, 0.2) is 53.9 Å². The highest BCUT2D eigenvalue weighted by Crippen LogP contribution is 2.28. The Labute approximate surface area is 198 Å². The molecule has 2 aliphatic heterocycles. The lowest BCUT2D eigenvalue weighted by Gasteiger charge is -2.34. The zero-order valence-corrected chi connectivity index (χ0v) is 19.7. The molecular weight excluding hydrogens is 432 g/mol. The average molecular weight is 463 g/mol. The Balaban J connectivity index is 1.32. The number of carbonyl (C=O) groups excluding carboxylic acids is 2. The van der Waals surface area contributed by atoms with Crippen molar-refractivity contribution >= 4 is 23.2 Å². The van der Waals surface area contributed by atoms with Gasteiger partial charge in [0.05, 0.1) is 10.6 Å². The lowest BCUT2D eigenvalue weighted by molar-refractivity contribution is -0.136. The first-order valence-electron chi connectivity index (χ1n) is 12.0. The van der Waals surface area contributed by atoms with Gasteiger partial charge in [-0.3, -0.25) is 9.59 Å². The molecule has 7 heteroatoms. The molecular formula is C26H30N4O2S. The van der Waals surface area contributed by atoms with Crippen molar-refractivity contribution in [2.24, 2.45) is 5.92 Å². The minimum atomic E-state index is -0.0187. The first kappa shape index (κ1) is 21.9. The lowest BCUT2D eigenvalue weighted by Crippen LogP contribution is -2.45. The largest absolute Gasteiger partial charge is 0.342 e. The summed E-state index contributed by atoms with van der Waals surface area (Å²) in [5.41, 5.74) is 2.25. The highest BCUT2D eigenvalue weighted by atomic mass is 32.1. The zero-order valence-electron chi connectivity index (χ0n) is 18.9. The number of hydrogen-bond acceptors (Lipinski definition) is 4. The monoisotopic (exact) mass is 462 g/mol. The fourth-order valence-corrected chi connectivity index (χ4v) is 5.57. The molecule has 0 saturated carbocycles. The van der Waals surface area contributed by atoms with Crippen molar-refractivity contribution in [2.75, 3.05) is 26.2 Å². The van der Waals surface area contributed by atoms with Gasteiger partial charge in [0.25, 0.3) is 5.91 Å². The van der Waals surface area contributed by atoms with E-state index in [2.05, 4.69) is 4.90 Å². The number of aromatic nitrogens is 2. The maximum atomic E-state index is 13.6. The van der Waals surface area contributed by atoms with Gasteiger partial charge >= 0.3 is 0 Å². The molecule has 0 aliphatic carbocycles. The molecule has 2 amide bonds. The van der Waals surface area contributed by atoms with Crippen molar-refractivity contribution in [3.05, 3.63) is 59.6 Å². The van der Waals surface area contributed by atoms with E-state index in [0.717, 1.165) is 55.0 Å². The van der Waals surface area contributed by atoms with Crippen molar-refractivity contribution in [1.82, 2.24) is 19.6 Å². The molecule has 0 N–H and O–H groups in total. The van der Waals surface area contributed by atoms with Crippen LogP contribution in [-0.2, 0) is 4.79 Å². The fourth-order valence-electron chi connectivity index (χ4n) is 4.88. The number of para-hydroxylation sites is 1. The molecule has 0 unspecified atom stereocenters. The Bertz CT molecular complexity index is 1080. The van der Waals surface area contributed by atoms with E-state index in [-0.39, 0.29) is 11.8 Å². The molecule has 1 aromatic carbocycles. The molecule has 33 heavy (non-hydrogen) atoms. The van der Waals surface area contributed by atoms with Crippen LogP contribution in [0.25, 0.3) is 16.3 Å². The van der Waals surface area contributed by atoms with Gasteiger partial charge in [0.1, 0.15) is 11.4 Å². The molecule has 2 aliphatic rings. The minimum absolute atomic E-state index is 0.0187. The van der Waals surface area contributed by atoms with Crippen LogP contribution in [0.3, 0.4) is 0 Å². The maximum Gasteiger partial charge on any atom is 0.272 e. The van der Waals surface area contributed by atoms with E-state index in [1.54, 1.807) is 16.0 Å². The second-order valence-corrected chi connectivity index (χ2v) is 9.89. The Morgan fingerprint density at radius 3 is 2.24 bits per heavy atom. The second kappa shape index (κ2) is 9.91. The van der Waals surface area contributed by atoms with Crippen LogP contribution in [0, 0.1) is 5.92 Å². The lowest BCUT2D eigenvalue weighted by atomic mass is 9.95. The van der Waals surface area contributed by atoms with E-state index >= 15 is 0 Å². The van der Waals surface area contributed by atoms with Gasteiger partial charge < -0.3 is 9.80 Å². The maximum absolute atomic E-state index is 13.6. The third kappa shape index (κ3) is 4.74. The Kier molecular flexibility index (Phi) is 6.58. The van der Waals surface area contributed by atoms with Gasteiger partial charge in [-0.2, -0.15) is 5.10 Å². The van der Waals surface area contributed by atoms with Gasteiger partial charge in [-0.05, 0) is 55.3 Å². The third-order valence-corrected chi connectivity index (χ3v) is 7.64. The van der Waals surface area contributed by atoms with Gasteiger partial charge in [0.15, 0.2) is 0 Å². The Hall–Kier alpha value is -2.93. The second-order valence-electron chi connectivity index (χ2n) is 8.95. The quantitative estimate of drug-likeness (QED) is 0.557. The van der Waals surface area contributed by atoms with Crippen LogP contribution in [0.4, 0.5) is 0 Å². The number of likely N-dealkylation sites (tertiary alicyclic amines) is 2. The first-order chi connectivity index (χ1) is 16.2. The topological polar surface area (TPSA) is 58.4 Å². The number of benzene rings is 1. The van der Waals surface area contributed by atoms with Gasteiger partial charge in [-0.15, -0.1) is 11.3 Å². The molecule has 3 aromatic rings. The third-order valence-electron chi connectivity index (χ3n) is 6.75. The van der Waals surface area contributed by atoms with Crippen LogP contribution in [0.5, 0.6) is 0 Å². The summed E-state index contributed by atoms with van der Waals surface area (Å²) in [5, 5.41) is 6.79. The SMILES string of the molecule is O=C(c1cc(-c2cccs2)nn1-c1ccccc1)N1CCC(C(=O)N2CCCCCC2)CC1. The number of piperidine rings is 1. The summed E-state index contributed by atoms with van der Waals surface area (Å²) >= 11 is 1.62. The van der Waals surface area contributed by atoms with Crippen molar-refractivity contribution < 1.29 is 9.59 Å². The Morgan fingerprint density at radius 2 is 1.58 bits per heavy atom. The van der Waals surface area contributed by atoms with Crippen molar-refractivity contribution in [3.63, 3.8) is 0 Å². The standard InChI is InChI=1S/C26H30N4O2S/c31-25(28-14-6-1-2-7-15-28)20-12-16-29(17-13-20)26(32)23-19-22(24-11-8-18-33-24)27-30(23)21-9-4-3-5-10-21/h3-5,8-11,18-20H,1-2,6-7,12-17H2. The molecule has 0 spiro atoms. The smallest absolute Gasteiger partial charge is 0.272 e. The van der Waals surface area contributed by atoms with Crippen LogP contribution >= 0.6 is 11.3 Å². The number of amides is 2. The molecule has 0 bridgehead atoms. The zero-order chi connectivity index (χ0) is 22.6. The molecule has 5 rings (SSSR count). The molecule has 4 heterocycles. The summed E-state index contributed by atoms with van der Waals surface area (Å²) in [6.45, 7) is 2.99. The van der Waals surface area contributed by atoms with Crippen LogP contribution in [-0.4, -0.2) is 57.6 Å². The molecule has 2 fully saturated rings. The predicted octanol–water partition coefficient (Wildman–Crippen LogP) is 4.86. The van der Waals surface area contributed by atoms with E-state index in [9.17, 15) is 9.59 Å². The molecule has 2 aromatic heterocycles. The molecule has 2 saturated heterocycles. The summed E-state index contributed by atoms with van der Waals surface area (Å²) in [6.07, 6.45) is 6.13. The molecule has 172 valence electrons. The number of carbonyl (C=O) groups is 2. The summed E-state index contributed by atoms with van der Waals surface area (Å²) in [6, 6.07) is 15.7. The van der Waals surface area contributed by atoms with Gasteiger partial charge in [-0.1, -0.05) is 37.1 Å². The van der Waals surface area contributed by atoms with Gasteiger partial charge in [0.2, 0.25) is 5.91 Å². The van der Waals surface area contributed by atoms with Gasteiger partial charge in [0, 0.05) is 32.1 Å². The number of rotatable bonds is 4. The predicted molar refractivity (Wildman–Crippen MR) is 131 cm³/mol. The van der Waals surface area contributed by atoms with Gasteiger partial charge in [-0.25, -0.2) is 4.68 Å². The van der Waals surface area contributed by atoms with Crippen LogP contribution in [0.2, 0.25) is 0 Å². The number of hydrogen-bond donors (Lipinski definition) is 0. The summed E-state index contributed by atoms with van der Waals surface area (Å²) < 4.78 is 1.76. The van der Waals surface area contributed by atoms with E-state index in [4.69, 9.17) is 5.10 Å². The van der Waals surface area contributed by atoms with E-state index in [1.807, 2.05) is 58.8 Å². The van der Waals surface area contributed by atoms with Crippen molar-refractivity contribution in [1.29, 1.82) is 0 Å². The fraction of sp³-hybridized carbons (Fsp3) is 0.423. The summed E-state index contributed by atoms with van der Waals surface area (Å²) in [5.74, 6) is 0.306.